The number of nitrogens with zero attached hydrogens (tertiary/aromatic N) is 1. The minimum Gasteiger partial charge on any atom is -0.307 e. The molecule has 28 heavy (non-hydrogen) atoms. The number of fused-ring (bicyclic) bond motifs is 2. The van der Waals surface area contributed by atoms with Crippen molar-refractivity contribution in [2.75, 3.05) is 24.7 Å². The lowest BCUT2D eigenvalue weighted by Crippen LogP contribution is -2.38. The number of benzene rings is 1. The third-order valence-electron chi connectivity index (χ3n) is 6.09. The summed E-state index contributed by atoms with van der Waals surface area (Å²) in [4.78, 5) is 14.6. The van der Waals surface area contributed by atoms with Gasteiger partial charge in [0, 0.05) is 11.7 Å². The molecule has 2 N–H and O–H groups in total. The molecule has 0 fully saturated rings. The van der Waals surface area contributed by atoms with Crippen molar-refractivity contribution in [2.45, 2.75) is 71.3 Å². The molecule has 1 atom stereocenters. The SMILES string of the molecule is CCCN(C)C(C)CCS(=O)(=O)NC(=O)Nc1c2c(cc3c1CCC3)CCC2. The number of carbonyl (C=O) groups is 1. The minimum atomic E-state index is -3.66. The van der Waals surface area contributed by atoms with Gasteiger partial charge in [0.25, 0.3) is 0 Å². The van der Waals surface area contributed by atoms with Crippen LogP contribution in [0.25, 0.3) is 0 Å². The summed E-state index contributed by atoms with van der Waals surface area (Å²) in [7, 11) is -1.66. The number of aryl methyl sites for hydroxylation is 2. The normalized spacial score (nSPS) is 16.7. The first-order valence-corrected chi connectivity index (χ1v) is 12.1. The Bertz CT molecular complexity index is 804. The number of nitrogens with one attached hydrogen (secondary N) is 2. The molecule has 0 spiro atoms. The van der Waals surface area contributed by atoms with Gasteiger partial charge in [-0.3, -0.25) is 0 Å². The van der Waals surface area contributed by atoms with Crippen LogP contribution in [-0.2, 0) is 35.7 Å². The second kappa shape index (κ2) is 8.82. The van der Waals surface area contributed by atoms with Crippen LogP contribution in [-0.4, -0.2) is 44.7 Å². The Balaban J connectivity index is 1.63. The zero-order valence-corrected chi connectivity index (χ0v) is 18.1. The summed E-state index contributed by atoms with van der Waals surface area (Å²) in [6.07, 6.45) is 7.69. The summed E-state index contributed by atoms with van der Waals surface area (Å²) in [5, 5.41) is 2.89. The fraction of sp³-hybridized carbons (Fsp3) is 0.667. The van der Waals surface area contributed by atoms with Crippen LogP contribution in [0.4, 0.5) is 10.5 Å². The lowest BCUT2D eigenvalue weighted by Gasteiger charge is -2.24. The molecule has 6 nitrogen and oxygen atoms in total. The average molecular weight is 408 g/mol. The van der Waals surface area contributed by atoms with Gasteiger partial charge in [-0.15, -0.1) is 0 Å². The molecule has 2 amide bonds. The highest BCUT2D eigenvalue weighted by Gasteiger charge is 2.26. The van der Waals surface area contributed by atoms with Gasteiger partial charge in [-0.2, -0.15) is 0 Å². The molecule has 7 heteroatoms. The fourth-order valence-electron chi connectivity index (χ4n) is 4.42. The van der Waals surface area contributed by atoms with E-state index in [1.165, 1.54) is 22.3 Å². The van der Waals surface area contributed by atoms with E-state index < -0.39 is 16.1 Å². The summed E-state index contributed by atoms with van der Waals surface area (Å²) < 4.78 is 27.0. The van der Waals surface area contributed by atoms with E-state index in [4.69, 9.17) is 0 Å². The number of hydrogen-bond donors (Lipinski definition) is 2. The van der Waals surface area contributed by atoms with Gasteiger partial charge in [0.05, 0.1) is 5.75 Å². The van der Waals surface area contributed by atoms with Crippen molar-refractivity contribution in [3.05, 3.63) is 28.3 Å². The lowest BCUT2D eigenvalue weighted by molar-refractivity contribution is 0.252. The molecule has 1 unspecified atom stereocenters. The molecular formula is C21H33N3O3S. The van der Waals surface area contributed by atoms with E-state index in [0.717, 1.165) is 57.2 Å². The zero-order valence-electron chi connectivity index (χ0n) is 17.3. The summed E-state index contributed by atoms with van der Waals surface area (Å²) >= 11 is 0. The Morgan fingerprint density at radius 2 is 1.75 bits per heavy atom. The molecule has 0 radical (unpaired) electrons. The number of amides is 2. The Morgan fingerprint density at radius 1 is 1.14 bits per heavy atom. The van der Waals surface area contributed by atoms with E-state index in [1.807, 2.05) is 14.0 Å². The van der Waals surface area contributed by atoms with Crippen LogP contribution in [0.2, 0.25) is 0 Å². The summed E-state index contributed by atoms with van der Waals surface area (Å²) in [6, 6.07) is 1.81. The molecule has 156 valence electrons. The van der Waals surface area contributed by atoms with Gasteiger partial charge in [-0.05, 0) is 94.1 Å². The number of sulfonamides is 1. The van der Waals surface area contributed by atoms with Crippen LogP contribution in [0, 0.1) is 0 Å². The fourth-order valence-corrected chi connectivity index (χ4v) is 5.50. The quantitative estimate of drug-likeness (QED) is 0.693. The second-order valence-corrected chi connectivity index (χ2v) is 10.1. The molecule has 2 aliphatic carbocycles. The van der Waals surface area contributed by atoms with Crippen molar-refractivity contribution in [3.8, 4) is 0 Å². The Morgan fingerprint density at radius 3 is 2.32 bits per heavy atom. The highest BCUT2D eigenvalue weighted by Crippen LogP contribution is 2.38. The Kier molecular flexibility index (Phi) is 6.65. The van der Waals surface area contributed by atoms with Gasteiger partial charge in [-0.1, -0.05) is 13.0 Å². The van der Waals surface area contributed by atoms with Crippen molar-refractivity contribution in [2.24, 2.45) is 0 Å². The maximum atomic E-state index is 12.5. The number of rotatable bonds is 8. The number of urea groups is 1. The molecular weight excluding hydrogens is 374 g/mol. The maximum Gasteiger partial charge on any atom is 0.332 e. The molecule has 1 aromatic rings. The van der Waals surface area contributed by atoms with Crippen molar-refractivity contribution in [1.29, 1.82) is 0 Å². The monoisotopic (exact) mass is 407 g/mol. The van der Waals surface area contributed by atoms with Crippen LogP contribution >= 0.6 is 0 Å². The molecule has 0 bridgehead atoms. The predicted molar refractivity (Wildman–Crippen MR) is 113 cm³/mol. The van der Waals surface area contributed by atoms with E-state index in [1.54, 1.807) is 0 Å². The highest BCUT2D eigenvalue weighted by atomic mass is 32.2. The molecule has 0 heterocycles. The van der Waals surface area contributed by atoms with Crippen molar-refractivity contribution in [3.63, 3.8) is 0 Å². The van der Waals surface area contributed by atoms with Crippen LogP contribution in [0.5, 0.6) is 0 Å². The second-order valence-electron chi connectivity index (χ2n) is 8.23. The van der Waals surface area contributed by atoms with Gasteiger partial charge in [0.15, 0.2) is 0 Å². The van der Waals surface area contributed by atoms with Crippen molar-refractivity contribution >= 4 is 21.7 Å². The minimum absolute atomic E-state index is 0.0549. The van der Waals surface area contributed by atoms with E-state index in [-0.39, 0.29) is 11.8 Å². The van der Waals surface area contributed by atoms with Crippen LogP contribution in [0.3, 0.4) is 0 Å². The summed E-state index contributed by atoms with van der Waals surface area (Å²) in [5.41, 5.74) is 5.88. The first-order valence-electron chi connectivity index (χ1n) is 10.5. The van der Waals surface area contributed by atoms with Gasteiger partial charge in [-0.25, -0.2) is 17.9 Å². The van der Waals surface area contributed by atoms with E-state index in [2.05, 4.69) is 27.9 Å². The summed E-state index contributed by atoms with van der Waals surface area (Å²) in [5.74, 6) is -0.0549. The number of hydrogen-bond acceptors (Lipinski definition) is 4. The number of carbonyl (C=O) groups excluding carboxylic acids is 1. The third kappa shape index (κ3) is 4.87. The Hall–Kier alpha value is -1.60. The molecule has 0 aliphatic heterocycles. The van der Waals surface area contributed by atoms with Crippen LogP contribution in [0.1, 0.15) is 61.8 Å². The standard InChI is InChI=1S/C21H33N3O3S/c1-4-12-24(3)15(2)11-13-28(26,27)23-21(25)22-20-18-9-5-7-16(18)14-17-8-6-10-19(17)20/h14-15H,4-13H2,1-3H3,(H2,22,23,25). The molecule has 0 aromatic heterocycles. The van der Waals surface area contributed by atoms with Crippen LogP contribution in [0.15, 0.2) is 6.07 Å². The average Bonchev–Trinajstić information content (AvgIpc) is 3.28. The smallest absolute Gasteiger partial charge is 0.307 e. The van der Waals surface area contributed by atoms with E-state index in [0.29, 0.717) is 6.42 Å². The van der Waals surface area contributed by atoms with Gasteiger partial charge >= 0.3 is 6.03 Å². The molecule has 1 aromatic carbocycles. The molecule has 3 rings (SSSR count). The van der Waals surface area contributed by atoms with Gasteiger partial charge in [0.2, 0.25) is 10.0 Å². The topological polar surface area (TPSA) is 78.5 Å². The van der Waals surface area contributed by atoms with Crippen molar-refractivity contribution < 1.29 is 13.2 Å². The first-order chi connectivity index (χ1) is 13.3. The predicted octanol–water partition coefficient (Wildman–Crippen LogP) is 3.24. The molecule has 0 saturated heterocycles. The van der Waals surface area contributed by atoms with E-state index >= 15 is 0 Å². The summed E-state index contributed by atoms with van der Waals surface area (Å²) in [6.45, 7) is 5.05. The lowest BCUT2D eigenvalue weighted by atomic mass is 9.99. The maximum absolute atomic E-state index is 12.5. The van der Waals surface area contributed by atoms with Gasteiger partial charge in [0.1, 0.15) is 0 Å². The highest BCUT2D eigenvalue weighted by molar-refractivity contribution is 7.90. The third-order valence-corrected chi connectivity index (χ3v) is 7.36. The Labute approximate surface area is 169 Å². The molecule has 0 saturated carbocycles. The van der Waals surface area contributed by atoms with E-state index in [9.17, 15) is 13.2 Å². The largest absolute Gasteiger partial charge is 0.332 e. The first kappa shape index (κ1) is 21.1. The number of anilines is 1. The van der Waals surface area contributed by atoms with Crippen LogP contribution < -0.4 is 10.0 Å². The van der Waals surface area contributed by atoms with Gasteiger partial charge < -0.3 is 10.2 Å². The molecule has 2 aliphatic rings. The van der Waals surface area contributed by atoms with Crippen molar-refractivity contribution in [1.82, 2.24) is 9.62 Å². The zero-order chi connectivity index (χ0) is 20.3.